The Hall–Kier alpha value is -3.53. The maximum atomic E-state index is 13.2. The number of aryl methyl sites for hydroxylation is 1. The number of nitriles is 1. The number of benzene rings is 2. The van der Waals surface area contributed by atoms with Crippen molar-refractivity contribution in [3.63, 3.8) is 0 Å². The average Bonchev–Trinajstić information content (AvgIpc) is 3.07. The van der Waals surface area contributed by atoms with Crippen LogP contribution < -0.4 is 5.32 Å². The molecule has 4 nitrogen and oxygen atoms in total. The maximum Gasteiger partial charge on any atom is 0.418 e. The lowest BCUT2D eigenvalue weighted by atomic mass is 10.1. The molecule has 0 fully saturated rings. The van der Waals surface area contributed by atoms with Crippen LogP contribution in [0.5, 0.6) is 0 Å². The lowest BCUT2D eigenvalue weighted by Crippen LogP contribution is -2.17. The predicted octanol–water partition coefficient (Wildman–Crippen LogP) is 6.01. The molecule has 2 aromatic carbocycles. The topological polar surface area (TPSA) is 57.8 Å². The SMILES string of the molecule is CCCCn1cc(/C=C(\C#N)C(=O)Nc2ccccc2C(F)(F)F)c2ccccc21. The fourth-order valence-corrected chi connectivity index (χ4v) is 3.24. The van der Waals surface area contributed by atoms with Crippen LogP contribution in [-0.4, -0.2) is 10.5 Å². The molecule has 3 rings (SSSR count). The molecule has 0 aliphatic heterocycles. The Bertz CT molecular complexity index is 1140. The largest absolute Gasteiger partial charge is 0.418 e. The van der Waals surface area contributed by atoms with Gasteiger partial charge in [0.1, 0.15) is 11.6 Å². The smallest absolute Gasteiger partial charge is 0.347 e. The van der Waals surface area contributed by atoms with E-state index >= 15 is 0 Å². The van der Waals surface area contributed by atoms with E-state index in [9.17, 15) is 23.2 Å². The number of halogens is 3. The first-order valence-electron chi connectivity index (χ1n) is 9.52. The number of aromatic nitrogens is 1. The monoisotopic (exact) mass is 411 g/mol. The normalized spacial score (nSPS) is 12.0. The van der Waals surface area contributed by atoms with Gasteiger partial charge in [-0.05, 0) is 30.7 Å². The number of nitrogens with one attached hydrogen (secondary N) is 1. The van der Waals surface area contributed by atoms with E-state index in [1.54, 1.807) is 6.07 Å². The highest BCUT2D eigenvalue weighted by molar-refractivity contribution is 6.11. The number of amides is 1. The molecule has 154 valence electrons. The Morgan fingerprint density at radius 1 is 1.17 bits per heavy atom. The van der Waals surface area contributed by atoms with E-state index in [0.717, 1.165) is 42.4 Å². The second-order valence-electron chi connectivity index (χ2n) is 6.82. The van der Waals surface area contributed by atoms with Crippen molar-refractivity contribution in [1.29, 1.82) is 5.26 Å². The second-order valence-corrected chi connectivity index (χ2v) is 6.82. The fraction of sp³-hybridized carbons (Fsp3) is 0.217. The van der Waals surface area contributed by atoms with Crippen LogP contribution in [0.3, 0.4) is 0 Å². The van der Waals surface area contributed by atoms with Gasteiger partial charge in [0, 0.05) is 29.2 Å². The first-order chi connectivity index (χ1) is 14.3. The van der Waals surface area contributed by atoms with Gasteiger partial charge in [-0.1, -0.05) is 43.7 Å². The zero-order valence-electron chi connectivity index (χ0n) is 16.3. The molecule has 0 spiro atoms. The zero-order chi connectivity index (χ0) is 21.7. The Labute approximate surface area is 172 Å². The summed E-state index contributed by atoms with van der Waals surface area (Å²) < 4.78 is 41.6. The van der Waals surface area contributed by atoms with Crippen molar-refractivity contribution in [1.82, 2.24) is 4.57 Å². The fourth-order valence-electron chi connectivity index (χ4n) is 3.24. The highest BCUT2D eigenvalue weighted by Crippen LogP contribution is 2.34. The molecule has 0 aliphatic carbocycles. The van der Waals surface area contributed by atoms with Gasteiger partial charge in [0.25, 0.3) is 5.91 Å². The Kier molecular flexibility index (Phi) is 6.26. The number of nitrogens with zero attached hydrogens (tertiary/aromatic N) is 2. The first-order valence-corrected chi connectivity index (χ1v) is 9.52. The minimum Gasteiger partial charge on any atom is -0.347 e. The molecule has 0 saturated heterocycles. The molecule has 0 bridgehead atoms. The molecule has 1 aromatic heterocycles. The second kappa shape index (κ2) is 8.87. The van der Waals surface area contributed by atoms with Crippen molar-refractivity contribution < 1.29 is 18.0 Å². The summed E-state index contributed by atoms with van der Waals surface area (Å²) in [5.41, 5.74) is 0.00790. The van der Waals surface area contributed by atoms with Gasteiger partial charge in [0.05, 0.1) is 11.3 Å². The number of carbonyl (C=O) groups excluding carboxylic acids is 1. The quantitative estimate of drug-likeness (QED) is 0.399. The van der Waals surface area contributed by atoms with Crippen LogP contribution in [0.2, 0.25) is 0 Å². The summed E-state index contributed by atoms with van der Waals surface area (Å²) in [6.45, 7) is 2.88. The lowest BCUT2D eigenvalue weighted by Gasteiger charge is -2.13. The van der Waals surface area contributed by atoms with Crippen molar-refractivity contribution in [2.45, 2.75) is 32.5 Å². The van der Waals surface area contributed by atoms with Crippen LogP contribution in [0.1, 0.15) is 30.9 Å². The highest BCUT2D eigenvalue weighted by atomic mass is 19.4. The van der Waals surface area contributed by atoms with E-state index in [4.69, 9.17) is 0 Å². The third-order valence-electron chi connectivity index (χ3n) is 4.72. The summed E-state index contributed by atoms with van der Waals surface area (Å²) in [7, 11) is 0. The van der Waals surface area contributed by atoms with Crippen LogP contribution in [0.15, 0.2) is 60.3 Å². The van der Waals surface area contributed by atoms with Crippen molar-refractivity contribution in [2.24, 2.45) is 0 Å². The van der Waals surface area contributed by atoms with Crippen molar-refractivity contribution in [3.8, 4) is 6.07 Å². The molecule has 30 heavy (non-hydrogen) atoms. The molecule has 3 aromatic rings. The van der Waals surface area contributed by atoms with Gasteiger partial charge >= 0.3 is 6.18 Å². The van der Waals surface area contributed by atoms with Gasteiger partial charge in [0.2, 0.25) is 0 Å². The number of rotatable bonds is 6. The number of hydrogen-bond acceptors (Lipinski definition) is 2. The molecule has 0 unspecified atom stereocenters. The Morgan fingerprint density at radius 2 is 1.87 bits per heavy atom. The van der Waals surface area contributed by atoms with E-state index in [2.05, 4.69) is 16.8 Å². The number of para-hydroxylation sites is 2. The van der Waals surface area contributed by atoms with Gasteiger partial charge < -0.3 is 9.88 Å². The van der Waals surface area contributed by atoms with Gasteiger partial charge in [0.15, 0.2) is 0 Å². The van der Waals surface area contributed by atoms with Crippen LogP contribution in [0.25, 0.3) is 17.0 Å². The van der Waals surface area contributed by atoms with Gasteiger partial charge in [-0.15, -0.1) is 0 Å². The number of unbranched alkanes of at least 4 members (excludes halogenated alkanes) is 1. The molecule has 0 radical (unpaired) electrons. The molecule has 1 N–H and O–H groups in total. The molecule has 0 aliphatic rings. The summed E-state index contributed by atoms with van der Waals surface area (Å²) >= 11 is 0. The van der Waals surface area contributed by atoms with Crippen molar-refractivity contribution >= 4 is 28.6 Å². The summed E-state index contributed by atoms with van der Waals surface area (Å²) in [5.74, 6) is -0.889. The Morgan fingerprint density at radius 3 is 2.57 bits per heavy atom. The number of alkyl halides is 3. The molecule has 0 saturated carbocycles. The summed E-state index contributed by atoms with van der Waals surface area (Å²) in [5, 5.41) is 12.6. The number of anilines is 1. The number of carbonyl (C=O) groups is 1. The minimum atomic E-state index is -4.62. The van der Waals surface area contributed by atoms with Gasteiger partial charge in [-0.25, -0.2) is 0 Å². The summed E-state index contributed by atoms with van der Waals surface area (Å²) in [4.78, 5) is 12.6. The van der Waals surface area contributed by atoms with Gasteiger partial charge in [-0.2, -0.15) is 18.4 Å². The predicted molar refractivity (Wildman–Crippen MR) is 111 cm³/mol. The minimum absolute atomic E-state index is 0.273. The van der Waals surface area contributed by atoms with Crippen molar-refractivity contribution in [3.05, 3.63) is 71.4 Å². The Balaban J connectivity index is 1.96. The zero-order valence-corrected chi connectivity index (χ0v) is 16.3. The molecular formula is C23H20F3N3O. The van der Waals surface area contributed by atoms with E-state index in [0.29, 0.717) is 5.56 Å². The third-order valence-corrected chi connectivity index (χ3v) is 4.72. The van der Waals surface area contributed by atoms with Crippen LogP contribution in [0, 0.1) is 11.3 Å². The molecule has 7 heteroatoms. The van der Waals surface area contributed by atoms with E-state index < -0.39 is 17.6 Å². The third kappa shape index (κ3) is 4.54. The molecular weight excluding hydrogens is 391 g/mol. The molecule has 0 atom stereocenters. The molecule has 1 heterocycles. The molecule has 1 amide bonds. The number of hydrogen-bond donors (Lipinski definition) is 1. The average molecular weight is 411 g/mol. The van der Waals surface area contributed by atoms with Gasteiger partial charge in [-0.3, -0.25) is 4.79 Å². The standard InChI is InChI=1S/C23H20F3N3O/c1-2-3-12-29-15-17(18-8-4-7-11-21(18)29)13-16(14-27)22(30)28-20-10-6-5-9-19(20)23(24,25)26/h4-11,13,15H,2-3,12H2,1H3,(H,28,30)/b16-13+. The van der Waals surface area contributed by atoms with Crippen LogP contribution >= 0.6 is 0 Å². The van der Waals surface area contributed by atoms with E-state index in [1.165, 1.54) is 18.2 Å². The summed E-state index contributed by atoms with van der Waals surface area (Å²) in [6.07, 6.45) is 0.641. The summed E-state index contributed by atoms with van der Waals surface area (Å²) in [6, 6.07) is 14.1. The van der Waals surface area contributed by atoms with E-state index in [-0.39, 0.29) is 11.3 Å². The van der Waals surface area contributed by atoms with Crippen LogP contribution in [0.4, 0.5) is 18.9 Å². The van der Waals surface area contributed by atoms with E-state index in [1.807, 2.05) is 30.5 Å². The maximum absolute atomic E-state index is 13.2. The first kappa shape index (κ1) is 21.2. The van der Waals surface area contributed by atoms with Crippen molar-refractivity contribution in [2.75, 3.05) is 5.32 Å². The lowest BCUT2D eigenvalue weighted by molar-refractivity contribution is -0.137. The van der Waals surface area contributed by atoms with Crippen LogP contribution in [-0.2, 0) is 17.5 Å². The number of fused-ring (bicyclic) bond motifs is 1. The highest BCUT2D eigenvalue weighted by Gasteiger charge is 2.33.